The van der Waals surface area contributed by atoms with Crippen LogP contribution in [0.3, 0.4) is 0 Å². The second-order valence-electron chi connectivity index (χ2n) is 5.12. The molecule has 24 heavy (non-hydrogen) atoms. The van der Waals surface area contributed by atoms with Gasteiger partial charge in [-0.05, 0) is 42.3 Å². The molecule has 2 rings (SSSR count). The fraction of sp³-hybridized carbons (Fsp3) is 0.316. The molecule has 0 aliphatic heterocycles. The van der Waals surface area contributed by atoms with Gasteiger partial charge in [-0.1, -0.05) is 25.1 Å². The van der Waals surface area contributed by atoms with Crippen molar-refractivity contribution in [3.63, 3.8) is 0 Å². The van der Waals surface area contributed by atoms with Gasteiger partial charge in [0.05, 0.1) is 13.7 Å². The first kappa shape index (κ1) is 17.7. The Hall–Kier alpha value is -2.69. The largest absolute Gasteiger partial charge is 0.497 e. The molecule has 5 nitrogen and oxygen atoms in total. The minimum atomic E-state index is -0.167. The summed E-state index contributed by atoms with van der Waals surface area (Å²) in [6.45, 7) is 2.87. The van der Waals surface area contributed by atoms with E-state index >= 15 is 0 Å². The van der Waals surface area contributed by atoms with Gasteiger partial charge in [0.15, 0.2) is 6.61 Å². The number of hydrogen-bond donors (Lipinski definition) is 1. The van der Waals surface area contributed by atoms with Crippen LogP contribution in [0.2, 0.25) is 0 Å². The monoisotopic (exact) mass is 329 g/mol. The van der Waals surface area contributed by atoms with Gasteiger partial charge in [-0.25, -0.2) is 0 Å². The first-order valence-electron chi connectivity index (χ1n) is 7.97. The van der Waals surface area contributed by atoms with E-state index in [9.17, 15) is 4.79 Å². The molecule has 2 aromatic carbocycles. The van der Waals surface area contributed by atoms with Crippen LogP contribution in [0, 0.1) is 0 Å². The molecule has 0 bridgehead atoms. The Labute approximate surface area is 142 Å². The Kier molecular flexibility index (Phi) is 6.95. The maximum atomic E-state index is 11.8. The normalized spacial score (nSPS) is 10.1. The zero-order valence-corrected chi connectivity index (χ0v) is 14.1. The van der Waals surface area contributed by atoms with E-state index in [4.69, 9.17) is 14.2 Å². The van der Waals surface area contributed by atoms with Gasteiger partial charge in [-0.3, -0.25) is 4.79 Å². The van der Waals surface area contributed by atoms with E-state index in [1.54, 1.807) is 7.11 Å². The molecule has 0 radical (unpaired) electrons. The van der Waals surface area contributed by atoms with E-state index in [1.165, 1.54) is 0 Å². The van der Waals surface area contributed by atoms with Gasteiger partial charge in [0.2, 0.25) is 0 Å². The number of carbonyl (C=O) groups is 1. The highest BCUT2D eigenvalue weighted by Crippen LogP contribution is 2.18. The summed E-state index contributed by atoms with van der Waals surface area (Å²) in [6.07, 6.45) is 0.869. The summed E-state index contributed by atoms with van der Waals surface area (Å²) in [6, 6.07) is 15.0. The molecule has 5 heteroatoms. The number of hydrogen-bond acceptors (Lipinski definition) is 4. The SMILES string of the molecule is CCc1ccccc1OCC(=O)NCCOc1ccc(OC)cc1. The summed E-state index contributed by atoms with van der Waals surface area (Å²) in [7, 11) is 1.62. The standard InChI is InChI=1S/C19H23NO4/c1-3-15-6-4-5-7-18(15)24-14-19(21)20-12-13-23-17-10-8-16(22-2)9-11-17/h4-11H,3,12-14H2,1-2H3,(H,20,21). The Balaban J connectivity index is 1.66. The molecule has 1 N–H and O–H groups in total. The number of amides is 1. The molecule has 0 aliphatic carbocycles. The molecule has 0 aromatic heterocycles. The minimum Gasteiger partial charge on any atom is -0.497 e. The molecule has 0 heterocycles. The van der Waals surface area contributed by atoms with Crippen molar-refractivity contribution in [2.75, 3.05) is 26.9 Å². The van der Waals surface area contributed by atoms with Crippen LogP contribution in [0.1, 0.15) is 12.5 Å². The highest BCUT2D eigenvalue weighted by molar-refractivity contribution is 5.77. The average Bonchev–Trinajstić information content (AvgIpc) is 2.64. The highest BCUT2D eigenvalue weighted by atomic mass is 16.5. The van der Waals surface area contributed by atoms with Gasteiger partial charge in [0.25, 0.3) is 5.91 Å². The van der Waals surface area contributed by atoms with Crippen molar-refractivity contribution in [1.29, 1.82) is 0 Å². The van der Waals surface area contributed by atoms with Gasteiger partial charge in [-0.15, -0.1) is 0 Å². The van der Waals surface area contributed by atoms with Gasteiger partial charge in [0, 0.05) is 0 Å². The molecule has 128 valence electrons. The van der Waals surface area contributed by atoms with Crippen LogP contribution in [0.5, 0.6) is 17.2 Å². The van der Waals surface area contributed by atoms with Gasteiger partial charge in [-0.2, -0.15) is 0 Å². The zero-order chi connectivity index (χ0) is 17.2. The summed E-state index contributed by atoms with van der Waals surface area (Å²) in [5, 5.41) is 2.77. The molecule has 0 unspecified atom stereocenters. The summed E-state index contributed by atoms with van der Waals surface area (Å²) < 4.78 is 16.2. The summed E-state index contributed by atoms with van der Waals surface area (Å²) in [4.78, 5) is 11.8. The lowest BCUT2D eigenvalue weighted by Gasteiger charge is -2.11. The van der Waals surface area contributed by atoms with Crippen molar-refractivity contribution < 1.29 is 19.0 Å². The number of nitrogens with one attached hydrogen (secondary N) is 1. The van der Waals surface area contributed by atoms with E-state index in [0.717, 1.165) is 29.2 Å². The topological polar surface area (TPSA) is 56.8 Å². The molecular formula is C19H23NO4. The third kappa shape index (κ3) is 5.50. The number of para-hydroxylation sites is 1. The van der Waals surface area contributed by atoms with Crippen LogP contribution in [-0.2, 0) is 11.2 Å². The van der Waals surface area contributed by atoms with Crippen molar-refractivity contribution in [2.45, 2.75) is 13.3 Å². The van der Waals surface area contributed by atoms with Crippen LogP contribution in [0.15, 0.2) is 48.5 Å². The highest BCUT2D eigenvalue weighted by Gasteiger charge is 2.05. The zero-order valence-electron chi connectivity index (χ0n) is 14.1. The van der Waals surface area contributed by atoms with Crippen molar-refractivity contribution in [1.82, 2.24) is 5.32 Å². The van der Waals surface area contributed by atoms with Crippen molar-refractivity contribution in [3.05, 3.63) is 54.1 Å². The summed E-state index contributed by atoms with van der Waals surface area (Å²) in [5.74, 6) is 2.10. The van der Waals surface area contributed by atoms with E-state index in [2.05, 4.69) is 12.2 Å². The summed E-state index contributed by atoms with van der Waals surface area (Å²) >= 11 is 0. The molecule has 0 aliphatic rings. The first-order valence-corrected chi connectivity index (χ1v) is 7.97. The summed E-state index contributed by atoms with van der Waals surface area (Å²) in [5.41, 5.74) is 1.09. The Morgan fingerprint density at radius 1 is 1.00 bits per heavy atom. The molecular weight excluding hydrogens is 306 g/mol. The second-order valence-corrected chi connectivity index (χ2v) is 5.12. The fourth-order valence-corrected chi connectivity index (χ4v) is 2.16. The van der Waals surface area contributed by atoms with E-state index in [1.807, 2.05) is 48.5 Å². The number of ether oxygens (including phenoxy) is 3. The van der Waals surface area contributed by atoms with Crippen LogP contribution in [0.4, 0.5) is 0 Å². The van der Waals surface area contributed by atoms with Crippen LogP contribution >= 0.6 is 0 Å². The minimum absolute atomic E-state index is 0.000447. The van der Waals surface area contributed by atoms with Crippen molar-refractivity contribution in [2.24, 2.45) is 0 Å². The molecule has 0 fully saturated rings. The number of rotatable bonds is 9. The van der Waals surface area contributed by atoms with Crippen LogP contribution in [-0.4, -0.2) is 32.8 Å². The maximum Gasteiger partial charge on any atom is 0.258 e. The van der Waals surface area contributed by atoms with E-state index in [-0.39, 0.29) is 12.5 Å². The molecule has 1 amide bonds. The lowest BCUT2D eigenvalue weighted by atomic mass is 10.1. The third-order valence-electron chi connectivity index (χ3n) is 3.46. The Morgan fingerprint density at radius 3 is 2.42 bits per heavy atom. The van der Waals surface area contributed by atoms with Gasteiger partial charge >= 0.3 is 0 Å². The molecule has 0 saturated carbocycles. The molecule has 2 aromatic rings. The third-order valence-corrected chi connectivity index (χ3v) is 3.46. The van der Waals surface area contributed by atoms with Crippen molar-refractivity contribution >= 4 is 5.91 Å². The quantitative estimate of drug-likeness (QED) is 0.719. The lowest BCUT2D eigenvalue weighted by Crippen LogP contribution is -2.32. The number of methoxy groups -OCH3 is 1. The fourth-order valence-electron chi connectivity index (χ4n) is 2.16. The Bertz CT molecular complexity index is 640. The molecule has 0 spiro atoms. The maximum absolute atomic E-state index is 11.8. The van der Waals surface area contributed by atoms with Gasteiger partial charge < -0.3 is 19.5 Å². The predicted octanol–water partition coefficient (Wildman–Crippen LogP) is 2.83. The number of carbonyl (C=O) groups excluding carboxylic acids is 1. The Morgan fingerprint density at radius 2 is 1.71 bits per heavy atom. The van der Waals surface area contributed by atoms with Crippen molar-refractivity contribution in [3.8, 4) is 17.2 Å². The average molecular weight is 329 g/mol. The van der Waals surface area contributed by atoms with E-state index < -0.39 is 0 Å². The first-order chi connectivity index (χ1) is 11.7. The predicted molar refractivity (Wildman–Crippen MR) is 92.8 cm³/mol. The van der Waals surface area contributed by atoms with Crippen LogP contribution < -0.4 is 19.5 Å². The number of benzene rings is 2. The molecule has 0 atom stereocenters. The number of aryl methyl sites for hydroxylation is 1. The smallest absolute Gasteiger partial charge is 0.258 e. The van der Waals surface area contributed by atoms with Crippen LogP contribution in [0.25, 0.3) is 0 Å². The second kappa shape index (κ2) is 9.45. The van der Waals surface area contributed by atoms with E-state index in [0.29, 0.717) is 13.2 Å². The molecule has 0 saturated heterocycles. The lowest BCUT2D eigenvalue weighted by molar-refractivity contribution is -0.123. The van der Waals surface area contributed by atoms with Gasteiger partial charge in [0.1, 0.15) is 23.9 Å².